The average Bonchev–Trinajstić information content (AvgIpc) is 2.78. The topological polar surface area (TPSA) is 56.7 Å². The molecule has 2 atom stereocenters. The molecule has 0 aromatic heterocycles. The summed E-state index contributed by atoms with van der Waals surface area (Å²) < 4.78 is 120. The number of likely N-dealkylation sites (tertiary alicyclic amines) is 1. The molecule has 37 heavy (non-hydrogen) atoms. The van der Waals surface area contributed by atoms with Crippen LogP contribution in [0.2, 0.25) is 0 Å². The van der Waals surface area contributed by atoms with Gasteiger partial charge in [-0.25, -0.2) is 0 Å². The number of Topliss-reactive ketones (excluding diaryl/α,β-unsaturated/α-hetero) is 1. The second kappa shape index (κ2) is 10.7. The first-order valence-electron chi connectivity index (χ1n) is 11.0. The molecule has 13 heteroatoms. The molecular weight excluding hydrogens is 517 g/mol. The lowest BCUT2D eigenvalue weighted by molar-refractivity contribution is -0.142. The van der Waals surface area contributed by atoms with Gasteiger partial charge in [-0.2, -0.15) is 44.3 Å². The van der Waals surface area contributed by atoms with Crippen LogP contribution in [-0.2, 0) is 29.9 Å². The Balaban J connectivity index is 1.99. The Hall–Kier alpha value is -3.18. The van der Waals surface area contributed by atoms with Crippen molar-refractivity contribution < 1.29 is 49.1 Å². The molecule has 0 spiro atoms. The van der Waals surface area contributed by atoms with Crippen LogP contribution in [0.1, 0.15) is 53.1 Å². The number of piperidine rings is 1. The third-order valence-corrected chi connectivity index (χ3v) is 6.25. The van der Waals surface area contributed by atoms with Crippen molar-refractivity contribution in [2.45, 2.75) is 50.4 Å². The van der Waals surface area contributed by atoms with Gasteiger partial charge in [-0.05, 0) is 66.8 Å². The zero-order chi connectivity index (χ0) is 27.6. The summed E-state index contributed by atoms with van der Waals surface area (Å²) in [6.07, 6.45) is -13.4. The number of carbonyl (C=O) groups excluding carboxylic acids is 1. The van der Waals surface area contributed by atoms with Crippen LogP contribution >= 0.6 is 0 Å². The number of halogens is 9. The minimum atomic E-state index is -4.93. The highest BCUT2D eigenvalue weighted by molar-refractivity contribution is 6.25. The van der Waals surface area contributed by atoms with Crippen molar-refractivity contribution in [3.63, 3.8) is 0 Å². The normalized spacial score (nSPS) is 19.4. The highest BCUT2D eigenvalue weighted by atomic mass is 19.4. The molecule has 1 heterocycles. The van der Waals surface area contributed by atoms with E-state index in [2.05, 4.69) is 4.79 Å². The summed E-state index contributed by atoms with van der Waals surface area (Å²) in [5, 5.41) is 0. The maximum atomic E-state index is 13.6. The molecule has 0 N–H and O–H groups in total. The maximum absolute atomic E-state index is 13.6. The molecule has 0 bridgehead atoms. The van der Waals surface area contributed by atoms with Crippen molar-refractivity contribution in [3.05, 3.63) is 75.8 Å². The van der Waals surface area contributed by atoms with E-state index in [0.29, 0.717) is 30.0 Å². The fourth-order valence-electron chi connectivity index (χ4n) is 4.50. The SMILES string of the molecule is [N-]=[N+]=CC(=O)C[C@H]1CCN(Cc2cc(C(F)(F)F)ccc2C(F)(F)F)[C@@H](c2ccc(C(F)(F)F)cc2)C1. The van der Waals surface area contributed by atoms with Gasteiger partial charge in [0.1, 0.15) is 0 Å². The minimum absolute atomic E-state index is 0.0629. The number of nitrogens with zero attached hydrogens (tertiary/aromatic N) is 3. The molecule has 2 aromatic rings. The Kier molecular flexibility index (Phi) is 8.18. The highest BCUT2D eigenvalue weighted by Gasteiger charge is 2.39. The number of alkyl halides is 9. The van der Waals surface area contributed by atoms with Crippen molar-refractivity contribution in [1.29, 1.82) is 0 Å². The van der Waals surface area contributed by atoms with Crippen LogP contribution < -0.4 is 0 Å². The van der Waals surface area contributed by atoms with Crippen molar-refractivity contribution in [3.8, 4) is 0 Å². The number of carbonyl (C=O) groups is 1. The smallest absolute Gasteiger partial charge is 0.361 e. The minimum Gasteiger partial charge on any atom is -0.361 e. The molecule has 1 aliphatic heterocycles. The molecule has 0 unspecified atom stereocenters. The largest absolute Gasteiger partial charge is 0.416 e. The summed E-state index contributed by atoms with van der Waals surface area (Å²) in [5.41, 5.74) is 4.78. The van der Waals surface area contributed by atoms with E-state index in [9.17, 15) is 44.3 Å². The van der Waals surface area contributed by atoms with E-state index < -0.39 is 59.2 Å². The summed E-state index contributed by atoms with van der Waals surface area (Å²) in [6, 6.07) is 4.31. The zero-order valence-corrected chi connectivity index (χ0v) is 19.0. The van der Waals surface area contributed by atoms with Gasteiger partial charge in [0, 0.05) is 19.0 Å². The van der Waals surface area contributed by atoms with Gasteiger partial charge < -0.3 is 5.53 Å². The van der Waals surface area contributed by atoms with E-state index >= 15 is 0 Å². The zero-order valence-electron chi connectivity index (χ0n) is 19.0. The number of hydrogen-bond donors (Lipinski definition) is 0. The molecule has 200 valence electrons. The van der Waals surface area contributed by atoms with Crippen molar-refractivity contribution >= 4 is 12.0 Å². The van der Waals surface area contributed by atoms with Gasteiger partial charge in [0.05, 0.1) is 16.7 Å². The monoisotopic (exact) mass is 537 g/mol. The molecule has 1 fully saturated rings. The fourth-order valence-corrected chi connectivity index (χ4v) is 4.50. The van der Waals surface area contributed by atoms with E-state index in [1.807, 2.05) is 0 Å². The second-order valence-electron chi connectivity index (χ2n) is 8.78. The van der Waals surface area contributed by atoms with E-state index in [0.717, 1.165) is 24.3 Å². The van der Waals surface area contributed by atoms with Crippen LogP contribution in [0.4, 0.5) is 39.5 Å². The molecule has 1 saturated heterocycles. The van der Waals surface area contributed by atoms with Gasteiger partial charge in [-0.1, -0.05) is 12.1 Å². The number of ketones is 1. The van der Waals surface area contributed by atoms with Crippen LogP contribution in [0, 0.1) is 5.92 Å². The Morgan fingerprint density at radius 1 is 0.919 bits per heavy atom. The molecule has 2 aromatic carbocycles. The summed E-state index contributed by atoms with van der Waals surface area (Å²) in [6.45, 7) is -0.489. The van der Waals surface area contributed by atoms with E-state index in [4.69, 9.17) is 5.53 Å². The molecule has 0 aliphatic carbocycles. The van der Waals surface area contributed by atoms with Crippen LogP contribution in [0.3, 0.4) is 0 Å². The Bertz CT molecular complexity index is 1160. The van der Waals surface area contributed by atoms with Crippen molar-refractivity contribution in [2.24, 2.45) is 5.92 Å². The van der Waals surface area contributed by atoms with Gasteiger partial charge in [0.25, 0.3) is 0 Å². The van der Waals surface area contributed by atoms with E-state index in [-0.39, 0.29) is 31.7 Å². The highest BCUT2D eigenvalue weighted by Crippen LogP contribution is 2.41. The van der Waals surface area contributed by atoms with Crippen molar-refractivity contribution in [1.82, 2.24) is 4.90 Å². The van der Waals surface area contributed by atoms with Gasteiger partial charge >= 0.3 is 24.7 Å². The summed E-state index contributed by atoms with van der Waals surface area (Å²) in [5.74, 6) is -0.873. The quantitative estimate of drug-likeness (QED) is 0.173. The van der Waals surface area contributed by atoms with Gasteiger partial charge in [0.15, 0.2) is 0 Å². The Morgan fingerprint density at radius 3 is 2.05 bits per heavy atom. The molecule has 4 nitrogen and oxygen atoms in total. The predicted octanol–water partition coefficient (Wildman–Crippen LogP) is 6.96. The fraction of sp³-hybridized carbons (Fsp3) is 0.417. The first-order chi connectivity index (χ1) is 17.1. The van der Waals surface area contributed by atoms with E-state index in [1.54, 1.807) is 0 Å². The predicted molar refractivity (Wildman–Crippen MR) is 113 cm³/mol. The number of hydrogen-bond acceptors (Lipinski definition) is 2. The molecule has 0 saturated carbocycles. The first kappa shape index (κ1) is 28.4. The standard InChI is InChI=1S/C24H20F9N3O/c25-22(26,27)17-3-1-15(2-4-17)21-10-14(9-19(37)12-35-34)7-8-36(21)13-16-11-18(23(28,29)30)5-6-20(16)24(31,32)33/h1-6,11-12,14,21H,7-10,13H2/t14-,21-/m1/s1. The average molecular weight is 537 g/mol. The third-order valence-electron chi connectivity index (χ3n) is 6.25. The van der Waals surface area contributed by atoms with E-state index in [1.165, 1.54) is 4.90 Å². The summed E-state index contributed by atoms with van der Waals surface area (Å²) in [4.78, 5) is 16.0. The maximum Gasteiger partial charge on any atom is 0.416 e. The molecular formula is C24H20F9N3O. The van der Waals surface area contributed by atoms with Gasteiger partial charge in [0.2, 0.25) is 5.78 Å². The number of rotatable bonds is 6. The molecule has 0 amide bonds. The first-order valence-corrected chi connectivity index (χ1v) is 11.0. The lowest BCUT2D eigenvalue weighted by Crippen LogP contribution is -2.37. The third kappa shape index (κ3) is 7.20. The molecule has 3 rings (SSSR count). The lowest BCUT2D eigenvalue weighted by atomic mass is 9.83. The molecule has 0 radical (unpaired) electrons. The van der Waals surface area contributed by atoms with Gasteiger partial charge in [-0.15, -0.1) is 0 Å². The second-order valence-corrected chi connectivity index (χ2v) is 8.78. The summed E-state index contributed by atoms with van der Waals surface area (Å²) in [7, 11) is 0. The van der Waals surface area contributed by atoms with Crippen LogP contribution in [0.25, 0.3) is 5.53 Å². The lowest BCUT2D eigenvalue weighted by Gasteiger charge is -2.40. The molecule has 1 aliphatic rings. The van der Waals surface area contributed by atoms with Crippen molar-refractivity contribution in [2.75, 3.05) is 6.54 Å². The van der Waals surface area contributed by atoms with Crippen LogP contribution in [0.5, 0.6) is 0 Å². The number of benzene rings is 2. The van der Waals surface area contributed by atoms with Crippen LogP contribution in [0.15, 0.2) is 42.5 Å². The Morgan fingerprint density at radius 2 is 1.51 bits per heavy atom. The van der Waals surface area contributed by atoms with Gasteiger partial charge in [-0.3, -0.25) is 9.69 Å². The summed E-state index contributed by atoms with van der Waals surface area (Å²) >= 11 is 0. The van der Waals surface area contributed by atoms with Crippen LogP contribution in [-0.4, -0.2) is 28.2 Å². The Labute approximate surface area is 205 Å².